The van der Waals surface area contributed by atoms with E-state index in [9.17, 15) is 0 Å². The first-order chi connectivity index (χ1) is 13.4. The molecule has 0 spiro atoms. The third-order valence-electron chi connectivity index (χ3n) is 5.61. The van der Waals surface area contributed by atoms with Crippen LogP contribution in [-0.4, -0.2) is 54.5 Å². The fourth-order valence-electron chi connectivity index (χ4n) is 4.11. The van der Waals surface area contributed by atoms with Crippen molar-refractivity contribution in [3.8, 4) is 0 Å². The number of hydrogen-bond acceptors (Lipinski definition) is 3. The van der Waals surface area contributed by atoms with Crippen LogP contribution in [0.4, 0.5) is 0 Å². The number of guanidine groups is 1. The molecule has 3 heterocycles. The Kier molecular flexibility index (Phi) is 8.21. The highest BCUT2D eigenvalue weighted by Gasteiger charge is 2.30. The number of nitrogens with one attached hydrogen (secondary N) is 1. The summed E-state index contributed by atoms with van der Waals surface area (Å²) in [6.07, 6.45) is 6.56. The van der Waals surface area contributed by atoms with Crippen LogP contribution in [0.3, 0.4) is 0 Å². The molecule has 1 unspecified atom stereocenters. The van der Waals surface area contributed by atoms with Crippen LogP contribution in [0.1, 0.15) is 30.6 Å². The quantitative estimate of drug-likeness (QED) is 0.378. The van der Waals surface area contributed by atoms with Gasteiger partial charge >= 0.3 is 0 Å². The van der Waals surface area contributed by atoms with Crippen molar-refractivity contribution in [2.75, 3.05) is 32.7 Å². The fraction of sp³-hybridized carbons (Fsp3) is 0.500. The SMILES string of the molecule is I.c1ccc(CN=C(NCCc2ccco2)N2CCC(N3CCCC3)C2)cc1. The molecule has 5 nitrogen and oxygen atoms in total. The number of furan rings is 1. The molecule has 0 aliphatic carbocycles. The van der Waals surface area contributed by atoms with Gasteiger partial charge < -0.3 is 14.6 Å². The smallest absolute Gasteiger partial charge is 0.194 e. The van der Waals surface area contributed by atoms with Crippen LogP contribution < -0.4 is 5.32 Å². The van der Waals surface area contributed by atoms with Gasteiger partial charge in [0.15, 0.2) is 5.96 Å². The van der Waals surface area contributed by atoms with Crippen molar-refractivity contribution < 1.29 is 4.42 Å². The topological polar surface area (TPSA) is 44.0 Å². The highest BCUT2D eigenvalue weighted by molar-refractivity contribution is 14.0. The maximum atomic E-state index is 5.45. The highest BCUT2D eigenvalue weighted by Crippen LogP contribution is 2.20. The van der Waals surface area contributed by atoms with Crippen LogP contribution in [0, 0.1) is 0 Å². The summed E-state index contributed by atoms with van der Waals surface area (Å²) >= 11 is 0. The first kappa shape index (κ1) is 21.2. The molecule has 1 atom stereocenters. The molecular weight excluding hydrogens is 463 g/mol. The van der Waals surface area contributed by atoms with E-state index in [1.807, 2.05) is 12.1 Å². The Morgan fingerprint density at radius 1 is 1.07 bits per heavy atom. The molecule has 2 aromatic rings. The molecule has 152 valence electrons. The molecule has 0 radical (unpaired) electrons. The van der Waals surface area contributed by atoms with E-state index in [1.54, 1.807) is 6.26 Å². The molecule has 2 aliphatic heterocycles. The molecule has 1 aromatic carbocycles. The van der Waals surface area contributed by atoms with Crippen molar-refractivity contribution >= 4 is 29.9 Å². The summed E-state index contributed by atoms with van der Waals surface area (Å²) in [5, 5.41) is 3.58. The van der Waals surface area contributed by atoms with Gasteiger partial charge in [-0.2, -0.15) is 0 Å². The van der Waals surface area contributed by atoms with Crippen molar-refractivity contribution in [1.29, 1.82) is 0 Å². The van der Waals surface area contributed by atoms with E-state index in [4.69, 9.17) is 9.41 Å². The van der Waals surface area contributed by atoms with Crippen molar-refractivity contribution in [3.63, 3.8) is 0 Å². The molecule has 2 aliphatic rings. The van der Waals surface area contributed by atoms with E-state index in [-0.39, 0.29) is 24.0 Å². The normalized spacial score (nSPS) is 20.4. The zero-order valence-electron chi connectivity index (χ0n) is 16.4. The number of halogens is 1. The largest absolute Gasteiger partial charge is 0.469 e. The summed E-state index contributed by atoms with van der Waals surface area (Å²) in [7, 11) is 0. The molecule has 6 heteroatoms. The second-order valence-corrected chi connectivity index (χ2v) is 7.51. The average Bonchev–Trinajstić information content (AvgIpc) is 3.47. The van der Waals surface area contributed by atoms with E-state index in [1.165, 1.54) is 37.9 Å². The number of rotatable bonds is 6. The molecule has 4 rings (SSSR count). The third kappa shape index (κ3) is 5.73. The van der Waals surface area contributed by atoms with Gasteiger partial charge in [0.05, 0.1) is 12.8 Å². The summed E-state index contributed by atoms with van der Waals surface area (Å²) in [5.74, 6) is 2.05. The van der Waals surface area contributed by atoms with E-state index in [2.05, 4.69) is 45.4 Å². The van der Waals surface area contributed by atoms with E-state index < -0.39 is 0 Å². The van der Waals surface area contributed by atoms with E-state index >= 15 is 0 Å². The zero-order chi connectivity index (χ0) is 18.3. The number of nitrogens with zero attached hydrogens (tertiary/aromatic N) is 3. The Bertz CT molecular complexity index is 713. The predicted octanol–water partition coefficient (Wildman–Crippen LogP) is 3.76. The van der Waals surface area contributed by atoms with Gasteiger partial charge in [-0.15, -0.1) is 24.0 Å². The molecule has 0 bridgehead atoms. The maximum Gasteiger partial charge on any atom is 0.194 e. The summed E-state index contributed by atoms with van der Waals surface area (Å²) in [5.41, 5.74) is 1.25. The molecule has 28 heavy (non-hydrogen) atoms. The van der Waals surface area contributed by atoms with Gasteiger partial charge in [-0.05, 0) is 50.0 Å². The summed E-state index contributed by atoms with van der Waals surface area (Å²) in [4.78, 5) is 10.0. The van der Waals surface area contributed by atoms with Crippen molar-refractivity contribution in [3.05, 3.63) is 60.1 Å². The van der Waals surface area contributed by atoms with Gasteiger partial charge in [0.25, 0.3) is 0 Å². The Balaban J connectivity index is 0.00000225. The van der Waals surface area contributed by atoms with Crippen LogP contribution in [-0.2, 0) is 13.0 Å². The molecule has 2 fully saturated rings. The molecule has 1 N–H and O–H groups in total. The fourth-order valence-corrected chi connectivity index (χ4v) is 4.11. The first-order valence-corrected chi connectivity index (χ1v) is 10.2. The minimum absolute atomic E-state index is 0. The van der Waals surface area contributed by atoms with Gasteiger partial charge in [0.2, 0.25) is 0 Å². The summed E-state index contributed by atoms with van der Waals surface area (Å²) < 4.78 is 5.45. The first-order valence-electron chi connectivity index (χ1n) is 10.2. The molecule has 2 saturated heterocycles. The van der Waals surface area contributed by atoms with Gasteiger partial charge in [-0.1, -0.05) is 30.3 Å². The summed E-state index contributed by atoms with van der Waals surface area (Å²) in [6.45, 7) is 6.26. The number of aliphatic imine (C=N–C) groups is 1. The Morgan fingerprint density at radius 3 is 2.64 bits per heavy atom. The highest BCUT2D eigenvalue weighted by atomic mass is 127. The van der Waals surface area contributed by atoms with Gasteiger partial charge in [0.1, 0.15) is 5.76 Å². The minimum atomic E-state index is 0. The average molecular weight is 494 g/mol. The van der Waals surface area contributed by atoms with Crippen molar-refractivity contribution in [2.45, 2.75) is 38.3 Å². The summed E-state index contributed by atoms with van der Waals surface area (Å²) in [6, 6.07) is 15.1. The number of benzene rings is 1. The lowest BCUT2D eigenvalue weighted by Crippen LogP contribution is -2.43. The Labute approximate surface area is 185 Å². The van der Waals surface area contributed by atoms with Crippen LogP contribution in [0.2, 0.25) is 0 Å². The monoisotopic (exact) mass is 494 g/mol. The van der Waals surface area contributed by atoms with Crippen LogP contribution in [0.25, 0.3) is 0 Å². The molecular formula is C22H31IN4O. The van der Waals surface area contributed by atoms with Crippen molar-refractivity contribution in [2.24, 2.45) is 4.99 Å². The maximum absolute atomic E-state index is 5.45. The Morgan fingerprint density at radius 2 is 1.89 bits per heavy atom. The van der Waals surface area contributed by atoms with Crippen LogP contribution >= 0.6 is 24.0 Å². The van der Waals surface area contributed by atoms with Crippen LogP contribution in [0.15, 0.2) is 58.1 Å². The van der Waals surface area contributed by atoms with E-state index in [0.29, 0.717) is 6.04 Å². The second kappa shape index (κ2) is 10.9. The van der Waals surface area contributed by atoms with Gasteiger partial charge in [-0.3, -0.25) is 4.90 Å². The lowest BCUT2D eigenvalue weighted by atomic mass is 10.2. The lowest BCUT2D eigenvalue weighted by molar-refractivity contribution is 0.249. The molecule has 1 aromatic heterocycles. The zero-order valence-corrected chi connectivity index (χ0v) is 18.8. The molecule has 0 saturated carbocycles. The lowest BCUT2D eigenvalue weighted by Gasteiger charge is -2.25. The standard InChI is InChI=1S/C22H30N4O.HI/c1-2-7-19(8-3-1)17-24-22(23-12-10-21-9-6-16-27-21)26-15-11-20(18-26)25-13-4-5-14-25;/h1-3,6-9,16,20H,4-5,10-15,17-18H2,(H,23,24);1H. The van der Waals surface area contributed by atoms with Gasteiger partial charge in [-0.25, -0.2) is 4.99 Å². The van der Waals surface area contributed by atoms with Gasteiger partial charge in [0, 0.05) is 32.1 Å². The van der Waals surface area contributed by atoms with Crippen LogP contribution in [0.5, 0.6) is 0 Å². The predicted molar refractivity (Wildman–Crippen MR) is 124 cm³/mol. The Hall–Kier alpha value is -1.54. The van der Waals surface area contributed by atoms with Crippen molar-refractivity contribution in [1.82, 2.24) is 15.1 Å². The third-order valence-corrected chi connectivity index (χ3v) is 5.61. The number of likely N-dealkylation sites (tertiary alicyclic amines) is 2. The minimum Gasteiger partial charge on any atom is -0.469 e. The second-order valence-electron chi connectivity index (χ2n) is 7.51. The molecule has 0 amide bonds. The van der Waals surface area contributed by atoms with E-state index in [0.717, 1.165) is 44.3 Å². The number of hydrogen-bond donors (Lipinski definition) is 1.